The van der Waals surface area contributed by atoms with E-state index in [0.717, 1.165) is 24.1 Å². The molecule has 0 unspecified atom stereocenters. The number of unbranched alkanes of at least 4 members (excludes halogenated alkanes) is 39. The molecule has 0 aliphatic carbocycles. The molecule has 0 heterocycles. The summed E-state index contributed by atoms with van der Waals surface area (Å²) in [5.74, 6) is -0.192. The highest BCUT2D eigenvalue weighted by molar-refractivity contribution is 7.85. The van der Waals surface area contributed by atoms with Gasteiger partial charge in [-0.25, -0.2) is 8.42 Å². The third-order valence-electron chi connectivity index (χ3n) is 12.8. The third kappa shape index (κ3) is 43.3. The standard InChI is InChI=1S/C50H103NO3S/c1-4-7-10-13-16-19-22-25-28-31-34-37-40-43-46-51(49-50-55(52,53)54,47-44-41-38-35-32-29-26-23-20-17-14-11-8-5-2)48-45-42-39-36-33-30-27-24-21-18-15-12-9-6-3/h4-50H2,1-3H3. The van der Waals surface area contributed by atoms with Crippen molar-refractivity contribution in [3.8, 4) is 0 Å². The molecular weight excluding hydrogens is 695 g/mol. The summed E-state index contributed by atoms with van der Waals surface area (Å²) >= 11 is 0. The van der Waals surface area contributed by atoms with Crippen molar-refractivity contribution in [1.29, 1.82) is 0 Å². The molecule has 0 spiro atoms. The Morgan fingerprint density at radius 1 is 0.273 bits per heavy atom. The number of nitrogens with zero attached hydrogens (tertiary/aromatic N) is 1. The zero-order valence-electron chi connectivity index (χ0n) is 38.3. The van der Waals surface area contributed by atoms with Crippen molar-refractivity contribution in [2.24, 2.45) is 0 Å². The first-order valence-corrected chi connectivity index (χ1v) is 27.3. The van der Waals surface area contributed by atoms with Gasteiger partial charge in [0.15, 0.2) is 0 Å². The molecule has 0 bridgehead atoms. The summed E-state index contributed by atoms with van der Waals surface area (Å²) < 4.78 is 36.6. The predicted molar refractivity (Wildman–Crippen MR) is 245 cm³/mol. The molecule has 0 aromatic carbocycles. The molecular formula is C50H103NO3S. The van der Waals surface area contributed by atoms with E-state index in [1.807, 2.05) is 0 Å². The van der Waals surface area contributed by atoms with Crippen LogP contribution < -0.4 is 0 Å². The molecule has 0 aliphatic heterocycles. The van der Waals surface area contributed by atoms with Crippen molar-refractivity contribution < 1.29 is 17.5 Å². The molecule has 4 nitrogen and oxygen atoms in total. The average molecular weight is 798 g/mol. The van der Waals surface area contributed by atoms with E-state index in [9.17, 15) is 13.0 Å². The van der Waals surface area contributed by atoms with Crippen LogP contribution in [0.4, 0.5) is 0 Å². The van der Waals surface area contributed by atoms with Crippen molar-refractivity contribution in [2.45, 2.75) is 290 Å². The fourth-order valence-electron chi connectivity index (χ4n) is 8.90. The monoisotopic (exact) mass is 798 g/mol. The lowest BCUT2D eigenvalue weighted by molar-refractivity contribution is -0.926. The van der Waals surface area contributed by atoms with Gasteiger partial charge in [-0.2, -0.15) is 0 Å². The first kappa shape index (κ1) is 54.9. The highest BCUT2D eigenvalue weighted by Gasteiger charge is 2.27. The minimum Gasteiger partial charge on any atom is -0.748 e. The molecule has 0 amide bonds. The molecule has 5 heteroatoms. The van der Waals surface area contributed by atoms with Crippen molar-refractivity contribution in [2.75, 3.05) is 31.9 Å². The lowest BCUT2D eigenvalue weighted by Crippen LogP contribution is -2.52. The van der Waals surface area contributed by atoms with E-state index >= 15 is 0 Å². The summed E-state index contributed by atoms with van der Waals surface area (Å²) in [7, 11) is -4.20. The fourth-order valence-corrected chi connectivity index (χ4v) is 9.51. The van der Waals surface area contributed by atoms with Crippen LogP contribution in [0.15, 0.2) is 0 Å². The lowest BCUT2D eigenvalue weighted by Gasteiger charge is -2.40. The Morgan fingerprint density at radius 2 is 0.436 bits per heavy atom. The molecule has 0 N–H and O–H groups in total. The summed E-state index contributed by atoms with van der Waals surface area (Å²) in [4.78, 5) is 0. The van der Waals surface area contributed by atoms with Crippen molar-refractivity contribution in [1.82, 2.24) is 0 Å². The van der Waals surface area contributed by atoms with Gasteiger partial charge in [0.05, 0.1) is 31.9 Å². The molecule has 0 radical (unpaired) electrons. The number of hydrogen-bond acceptors (Lipinski definition) is 3. The van der Waals surface area contributed by atoms with Crippen LogP contribution in [0.2, 0.25) is 0 Å². The van der Waals surface area contributed by atoms with Crippen molar-refractivity contribution in [3.05, 3.63) is 0 Å². The highest BCUT2D eigenvalue weighted by atomic mass is 32.2. The Morgan fingerprint density at radius 3 is 0.600 bits per heavy atom. The average Bonchev–Trinajstić information content (AvgIpc) is 3.17. The first-order chi connectivity index (χ1) is 26.9. The predicted octanol–water partition coefficient (Wildman–Crippen LogP) is 16.8. The number of rotatable bonds is 48. The van der Waals surface area contributed by atoms with Crippen LogP contribution in [-0.4, -0.2) is 49.4 Å². The maximum atomic E-state index is 11.9. The fraction of sp³-hybridized carbons (Fsp3) is 1.00. The minimum atomic E-state index is -4.20. The summed E-state index contributed by atoms with van der Waals surface area (Å²) in [6.45, 7) is 10.6. The first-order valence-electron chi connectivity index (χ1n) is 25.7. The Hall–Kier alpha value is -0.130. The van der Waals surface area contributed by atoms with Crippen LogP contribution in [0.1, 0.15) is 290 Å². The van der Waals surface area contributed by atoms with Crippen LogP contribution in [0.25, 0.3) is 0 Å². The van der Waals surface area contributed by atoms with Crippen LogP contribution in [-0.2, 0) is 10.1 Å². The maximum Gasteiger partial charge on any atom is 0.100 e. The van der Waals surface area contributed by atoms with Crippen LogP contribution in [0.5, 0.6) is 0 Å². The molecule has 0 saturated heterocycles. The van der Waals surface area contributed by atoms with Gasteiger partial charge >= 0.3 is 0 Å². The van der Waals surface area contributed by atoms with Gasteiger partial charge < -0.3 is 9.04 Å². The largest absolute Gasteiger partial charge is 0.748 e. The smallest absolute Gasteiger partial charge is 0.100 e. The highest BCUT2D eigenvalue weighted by Crippen LogP contribution is 2.21. The Labute approximate surface area is 348 Å². The summed E-state index contributed by atoms with van der Waals surface area (Å²) in [5.41, 5.74) is 0. The Balaban J connectivity index is 4.65. The van der Waals surface area contributed by atoms with Gasteiger partial charge in [0.25, 0.3) is 0 Å². The molecule has 0 aromatic heterocycles. The van der Waals surface area contributed by atoms with E-state index in [-0.39, 0.29) is 5.75 Å². The summed E-state index contributed by atoms with van der Waals surface area (Å²) in [6.07, 6.45) is 57.1. The van der Waals surface area contributed by atoms with Gasteiger partial charge in [-0.1, -0.05) is 252 Å². The SMILES string of the molecule is CCCCCCCCCCCCCCCC[N+](CCCCCCCCCCCCCCCC)(CCCCCCCCCCCCCCCC)CCS(=O)(=O)[O-]. The Bertz CT molecular complexity index is 752. The molecule has 0 saturated carbocycles. The van der Waals surface area contributed by atoms with E-state index in [0.29, 0.717) is 6.54 Å². The van der Waals surface area contributed by atoms with Gasteiger partial charge in [0.1, 0.15) is 10.1 Å². The van der Waals surface area contributed by atoms with Crippen molar-refractivity contribution >= 4 is 10.1 Å². The number of hydrogen-bond donors (Lipinski definition) is 0. The second kappa shape index (κ2) is 43.4. The van der Waals surface area contributed by atoms with E-state index in [4.69, 9.17) is 0 Å². The lowest BCUT2D eigenvalue weighted by atomic mass is 10.0. The van der Waals surface area contributed by atoms with Crippen molar-refractivity contribution in [3.63, 3.8) is 0 Å². The Kier molecular flexibility index (Phi) is 43.3. The molecule has 332 valence electrons. The molecule has 0 fully saturated rings. The minimum absolute atomic E-state index is 0.192. The topological polar surface area (TPSA) is 57.2 Å². The van der Waals surface area contributed by atoms with Crippen LogP contribution in [0.3, 0.4) is 0 Å². The van der Waals surface area contributed by atoms with E-state index in [1.54, 1.807) is 0 Å². The quantitative estimate of drug-likeness (QED) is 0.0350. The number of quaternary nitrogens is 1. The molecule has 55 heavy (non-hydrogen) atoms. The second-order valence-corrected chi connectivity index (χ2v) is 19.8. The zero-order chi connectivity index (χ0) is 40.2. The van der Waals surface area contributed by atoms with E-state index < -0.39 is 10.1 Å². The second-order valence-electron chi connectivity index (χ2n) is 18.3. The van der Waals surface area contributed by atoms with Gasteiger partial charge in [0.2, 0.25) is 0 Å². The molecule has 0 rings (SSSR count). The maximum absolute atomic E-state index is 11.9. The summed E-state index contributed by atoms with van der Waals surface area (Å²) in [5, 5.41) is 0. The van der Waals surface area contributed by atoms with E-state index in [1.165, 1.54) is 270 Å². The normalized spacial score (nSPS) is 12.3. The zero-order valence-corrected chi connectivity index (χ0v) is 39.1. The van der Waals surface area contributed by atoms with Gasteiger partial charge in [-0.05, 0) is 38.5 Å². The van der Waals surface area contributed by atoms with Gasteiger partial charge in [0, 0.05) is 0 Å². The van der Waals surface area contributed by atoms with Gasteiger partial charge in [-0.3, -0.25) is 0 Å². The van der Waals surface area contributed by atoms with E-state index in [2.05, 4.69) is 20.8 Å². The summed E-state index contributed by atoms with van der Waals surface area (Å²) in [6, 6.07) is 0. The van der Waals surface area contributed by atoms with Crippen LogP contribution in [0, 0.1) is 0 Å². The van der Waals surface area contributed by atoms with Crippen LogP contribution >= 0.6 is 0 Å². The third-order valence-corrected chi connectivity index (χ3v) is 13.5. The molecule has 0 aromatic rings. The molecule has 0 aliphatic rings. The van der Waals surface area contributed by atoms with Gasteiger partial charge in [-0.15, -0.1) is 0 Å². The molecule has 0 atom stereocenters.